The van der Waals surface area contributed by atoms with E-state index >= 15 is 0 Å². The van der Waals surface area contributed by atoms with E-state index in [0.29, 0.717) is 0 Å². The number of hydrogen-bond acceptors (Lipinski definition) is 4. The number of nitrogens with two attached hydrogens (primary N) is 1. The SMILES string of the molecule is CN(C)CCn1ncc2cc(N)c(-c3ccsc3)cc21. The highest BCUT2D eigenvalue weighted by atomic mass is 32.1. The molecule has 0 amide bonds. The second-order valence-corrected chi connectivity index (χ2v) is 5.96. The number of fused-ring (bicyclic) bond motifs is 1. The molecule has 0 saturated heterocycles. The third-order valence-electron chi connectivity index (χ3n) is 3.40. The Labute approximate surface area is 122 Å². The van der Waals surface area contributed by atoms with Crippen LogP contribution in [0.2, 0.25) is 0 Å². The van der Waals surface area contributed by atoms with Gasteiger partial charge in [-0.25, -0.2) is 0 Å². The van der Waals surface area contributed by atoms with Gasteiger partial charge < -0.3 is 10.6 Å². The third-order valence-corrected chi connectivity index (χ3v) is 4.09. The molecule has 2 heterocycles. The number of nitrogens with zero attached hydrogens (tertiary/aromatic N) is 3. The lowest BCUT2D eigenvalue weighted by molar-refractivity contribution is 0.377. The van der Waals surface area contributed by atoms with E-state index in [-0.39, 0.29) is 0 Å². The zero-order valence-corrected chi connectivity index (χ0v) is 12.5. The summed E-state index contributed by atoms with van der Waals surface area (Å²) in [6.07, 6.45) is 1.89. The Morgan fingerprint density at radius 3 is 2.90 bits per heavy atom. The standard InChI is InChI=1S/C15H18N4S/c1-18(2)4-5-19-15-8-13(11-3-6-20-10-11)14(16)7-12(15)9-17-19/h3,6-10H,4-5,16H2,1-2H3. The Balaban J connectivity index is 2.05. The van der Waals surface area contributed by atoms with Crippen molar-refractivity contribution in [3.8, 4) is 11.1 Å². The number of benzene rings is 1. The van der Waals surface area contributed by atoms with E-state index in [4.69, 9.17) is 5.73 Å². The molecule has 3 aromatic rings. The van der Waals surface area contributed by atoms with Gasteiger partial charge in [-0.15, -0.1) is 0 Å². The fourth-order valence-corrected chi connectivity index (χ4v) is 2.94. The molecule has 0 radical (unpaired) electrons. The normalized spacial score (nSPS) is 11.6. The topological polar surface area (TPSA) is 47.1 Å². The van der Waals surface area contributed by atoms with Gasteiger partial charge in [0, 0.05) is 23.2 Å². The molecule has 2 aromatic heterocycles. The van der Waals surface area contributed by atoms with Crippen LogP contribution in [0, 0.1) is 0 Å². The van der Waals surface area contributed by atoms with Crippen LogP contribution in [-0.2, 0) is 6.54 Å². The van der Waals surface area contributed by atoms with Gasteiger partial charge in [-0.2, -0.15) is 16.4 Å². The highest BCUT2D eigenvalue weighted by Gasteiger charge is 2.09. The molecule has 0 aliphatic heterocycles. The Kier molecular flexibility index (Phi) is 3.46. The Morgan fingerprint density at radius 2 is 2.20 bits per heavy atom. The number of likely N-dealkylation sites (N-methyl/N-ethyl adjacent to an activating group) is 1. The van der Waals surface area contributed by atoms with E-state index < -0.39 is 0 Å². The van der Waals surface area contributed by atoms with Crippen LogP contribution in [0.25, 0.3) is 22.0 Å². The van der Waals surface area contributed by atoms with Gasteiger partial charge in [-0.3, -0.25) is 4.68 Å². The van der Waals surface area contributed by atoms with E-state index in [0.717, 1.165) is 35.2 Å². The van der Waals surface area contributed by atoms with Crippen LogP contribution in [0.4, 0.5) is 5.69 Å². The maximum absolute atomic E-state index is 6.17. The third kappa shape index (κ3) is 2.42. The molecule has 2 N–H and O–H groups in total. The zero-order valence-electron chi connectivity index (χ0n) is 11.7. The quantitative estimate of drug-likeness (QED) is 0.750. The predicted octanol–water partition coefficient (Wildman–Crippen LogP) is 2.91. The van der Waals surface area contributed by atoms with Gasteiger partial charge in [-0.05, 0) is 48.6 Å². The molecule has 0 fully saturated rings. The predicted molar refractivity (Wildman–Crippen MR) is 86.0 cm³/mol. The van der Waals surface area contributed by atoms with Gasteiger partial charge in [0.25, 0.3) is 0 Å². The number of hydrogen-bond donors (Lipinski definition) is 1. The summed E-state index contributed by atoms with van der Waals surface area (Å²) in [5, 5.41) is 9.76. The van der Waals surface area contributed by atoms with Gasteiger partial charge in [0.15, 0.2) is 0 Å². The van der Waals surface area contributed by atoms with E-state index in [9.17, 15) is 0 Å². The van der Waals surface area contributed by atoms with Crippen LogP contribution in [0.5, 0.6) is 0 Å². The summed E-state index contributed by atoms with van der Waals surface area (Å²) in [4.78, 5) is 2.16. The molecular weight excluding hydrogens is 268 g/mol. The molecule has 0 saturated carbocycles. The van der Waals surface area contributed by atoms with Crippen molar-refractivity contribution in [1.29, 1.82) is 0 Å². The zero-order chi connectivity index (χ0) is 14.1. The van der Waals surface area contributed by atoms with Gasteiger partial charge in [-0.1, -0.05) is 0 Å². The van der Waals surface area contributed by atoms with E-state index in [1.54, 1.807) is 11.3 Å². The van der Waals surface area contributed by atoms with Crippen LogP contribution >= 0.6 is 11.3 Å². The van der Waals surface area contributed by atoms with E-state index in [1.807, 2.05) is 16.9 Å². The number of aromatic nitrogens is 2. The Bertz CT molecular complexity index is 713. The van der Waals surface area contributed by atoms with E-state index in [2.05, 4.69) is 47.0 Å². The van der Waals surface area contributed by atoms with E-state index in [1.165, 1.54) is 5.56 Å². The van der Waals surface area contributed by atoms with Crippen molar-refractivity contribution in [1.82, 2.24) is 14.7 Å². The molecular formula is C15H18N4S. The van der Waals surface area contributed by atoms with Crippen LogP contribution in [-0.4, -0.2) is 35.3 Å². The first-order valence-corrected chi connectivity index (χ1v) is 7.52. The summed E-state index contributed by atoms with van der Waals surface area (Å²) in [6.45, 7) is 1.85. The molecule has 4 nitrogen and oxygen atoms in total. The number of thiophene rings is 1. The van der Waals surface area contributed by atoms with Crippen LogP contribution in [0.15, 0.2) is 35.2 Å². The monoisotopic (exact) mass is 286 g/mol. The van der Waals surface area contributed by atoms with Crippen molar-refractivity contribution in [3.05, 3.63) is 35.2 Å². The molecule has 0 spiro atoms. The summed E-state index contributed by atoms with van der Waals surface area (Å²) in [6, 6.07) is 6.26. The average molecular weight is 286 g/mol. The molecule has 1 aromatic carbocycles. The summed E-state index contributed by atoms with van der Waals surface area (Å²) in [5.41, 5.74) is 10.4. The lowest BCUT2D eigenvalue weighted by Gasteiger charge is -2.11. The molecule has 20 heavy (non-hydrogen) atoms. The molecule has 0 aliphatic carbocycles. The van der Waals surface area contributed by atoms with Crippen molar-refractivity contribution in [2.75, 3.05) is 26.4 Å². The van der Waals surface area contributed by atoms with Gasteiger partial charge in [0.05, 0.1) is 18.3 Å². The molecule has 0 unspecified atom stereocenters. The maximum Gasteiger partial charge on any atom is 0.0690 e. The summed E-state index contributed by atoms with van der Waals surface area (Å²) in [5.74, 6) is 0. The summed E-state index contributed by atoms with van der Waals surface area (Å²) >= 11 is 1.68. The Hall–Kier alpha value is -1.85. The molecule has 5 heteroatoms. The summed E-state index contributed by atoms with van der Waals surface area (Å²) < 4.78 is 2.05. The van der Waals surface area contributed by atoms with Crippen LogP contribution < -0.4 is 5.73 Å². The smallest absolute Gasteiger partial charge is 0.0690 e. The van der Waals surface area contributed by atoms with Crippen molar-refractivity contribution >= 4 is 27.9 Å². The highest BCUT2D eigenvalue weighted by molar-refractivity contribution is 7.08. The molecule has 3 rings (SSSR count). The minimum absolute atomic E-state index is 0.808. The van der Waals surface area contributed by atoms with Crippen molar-refractivity contribution in [2.24, 2.45) is 0 Å². The lowest BCUT2D eigenvalue weighted by atomic mass is 10.1. The minimum atomic E-state index is 0.808. The molecule has 0 atom stereocenters. The van der Waals surface area contributed by atoms with Gasteiger partial charge in [0.2, 0.25) is 0 Å². The Morgan fingerprint density at radius 1 is 1.35 bits per heavy atom. The minimum Gasteiger partial charge on any atom is -0.398 e. The number of nitrogen functional groups attached to an aromatic ring is 1. The van der Waals surface area contributed by atoms with Crippen molar-refractivity contribution < 1.29 is 0 Å². The summed E-state index contributed by atoms with van der Waals surface area (Å²) in [7, 11) is 4.14. The maximum atomic E-state index is 6.17. The largest absolute Gasteiger partial charge is 0.398 e. The first kappa shape index (κ1) is 13.1. The fraction of sp³-hybridized carbons (Fsp3) is 0.267. The second kappa shape index (κ2) is 5.26. The van der Waals surface area contributed by atoms with Crippen molar-refractivity contribution in [2.45, 2.75) is 6.54 Å². The molecule has 0 bridgehead atoms. The van der Waals surface area contributed by atoms with Crippen LogP contribution in [0.1, 0.15) is 0 Å². The number of rotatable bonds is 4. The highest BCUT2D eigenvalue weighted by Crippen LogP contribution is 2.31. The lowest BCUT2D eigenvalue weighted by Crippen LogP contribution is -2.18. The van der Waals surface area contributed by atoms with Gasteiger partial charge in [0.1, 0.15) is 0 Å². The average Bonchev–Trinajstić information content (AvgIpc) is 3.04. The fourth-order valence-electron chi connectivity index (χ4n) is 2.28. The van der Waals surface area contributed by atoms with Crippen LogP contribution in [0.3, 0.4) is 0 Å². The first-order valence-electron chi connectivity index (χ1n) is 6.57. The van der Waals surface area contributed by atoms with Gasteiger partial charge >= 0.3 is 0 Å². The second-order valence-electron chi connectivity index (χ2n) is 5.18. The molecule has 104 valence electrons. The number of anilines is 1. The molecule has 0 aliphatic rings. The first-order chi connectivity index (χ1) is 9.65. The van der Waals surface area contributed by atoms with Crippen molar-refractivity contribution in [3.63, 3.8) is 0 Å².